The van der Waals surface area contributed by atoms with Gasteiger partial charge in [-0.05, 0) is 37.6 Å². The summed E-state index contributed by atoms with van der Waals surface area (Å²) in [5.41, 5.74) is 1.62. The van der Waals surface area contributed by atoms with E-state index in [2.05, 4.69) is 23.4 Å². The Morgan fingerprint density at radius 3 is 2.90 bits per heavy atom. The summed E-state index contributed by atoms with van der Waals surface area (Å²) in [5, 5.41) is 16.7. The number of nitrogens with zero attached hydrogens (tertiary/aromatic N) is 3. The number of ether oxygens (including phenoxy) is 1. The van der Waals surface area contributed by atoms with Crippen LogP contribution in [0.15, 0.2) is 30.6 Å². The van der Waals surface area contributed by atoms with Gasteiger partial charge in [-0.2, -0.15) is 10.4 Å². The molecule has 0 unspecified atom stereocenters. The summed E-state index contributed by atoms with van der Waals surface area (Å²) < 4.78 is 7.52. The molecule has 0 amide bonds. The van der Waals surface area contributed by atoms with E-state index in [4.69, 9.17) is 4.74 Å². The Bertz CT molecular complexity index is 627. The quantitative estimate of drug-likeness (QED) is 0.794. The molecule has 0 aliphatic heterocycles. The van der Waals surface area contributed by atoms with E-state index in [0.717, 1.165) is 31.6 Å². The standard InChI is InChI=1S/C16H20N4O/c1-3-7-18-10-13-5-6-16(14(8-13)9-17)21-15-11-19-20(4-2)12-15/h5-6,8,11-12,18H,3-4,7,10H2,1-2H3. The van der Waals surface area contributed by atoms with Crippen LogP contribution in [0.2, 0.25) is 0 Å². The van der Waals surface area contributed by atoms with Crippen molar-refractivity contribution >= 4 is 0 Å². The lowest BCUT2D eigenvalue weighted by atomic mass is 10.1. The number of nitriles is 1. The van der Waals surface area contributed by atoms with Gasteiger partial charge in [-0.25, -0.2) is 0 Å². The second kappa shape index (κ2) is 7.46. The van der Waals surface area contributed by atoms with Gasteiger partial charge in [-0.15, -0.1) is 0 Å². The molecular formula is C16H20N4O. The molecule has 0 atom stereocenters. The third kappa shape index (κ3) is 4.07. The normalized spacial score (nSPS) is 10.3. The highest BCUT2D eigenvalue weighted by atomic mass is 16.5. The molecule has 1 aromatic carbocycles. The van der Waals surface area contributed by atoms with Gasteiger partial charge in [-0.3, -0.25) is 4.68 Å². The maximum Gasteiger partial charge on any atom is 0.165 e. The summed E-state index contributed by atoms with van der Waals surface area (Å²) in [6.45, 7) is 6.65. The first-order valence-electron chi connectivity index (χ1n) is 7.20. The molecule has 5 nitrogen and oxygen atoms in total. The van der Waals surface area contributed by atoms with E-state index < -0.39 is 0 Å². The Morgan fingerprint density at radius 2 is 2.24 bits per heavy atom. The molecule has 0 spiro atoms. The minimum atomic E-state index is 0.537. The van der Waals surface area contributed by atoms with Crippen molar-refractivity contribution in [3.63, 3.8) is 0 Å². The Morgan fingerprint density at radius 1 is 1.38 bits per heavy atom. The number of aryl methyl sites for hydroxylation is 1. The minimum absolute atomic E-state index is 0.537. The fraction of sp³-hybridized carbons (Fsp3) is 0.375. The Labute approximate surface area is 125 Å². The second-order valence-corrected chi connectivity index (χ2v) is 4.75. The van der Waals surface area contributed by atoms with Crippen molar-refractivity contribution in [2.45, 2.75) is 33.4 Å². The van der Waals surface area contributed by atoms with E-state index >= 15 is 0 Å². The van der Waals surface area contributed by atoms with Gasteiger partial charge < -0.3 is 10.1 Å². The minimum Gasteiger partial charge on any atom is -0.453 e. The van der Waals surface area contributed by atoms with Gasteiger partial charge >= 0.3 is 0 Å². The fourth-order valence-corrected chi connectivity index (χ4v) is 1.97. The molecule has 1 aromatic heterocycles. The van der Waals surface area contributed by atoms with E-state index in [-0.39, 0.29) is 0 Å². The molecule has 0 bridgehead atoms. The van der Waals surface area contributed by atoms with Crippen LogP contribution in [0, 0.1) is 11.3 Å². The molecule has 2 aromatic rings. The summed E-state index contributed by atoms with van der Waals surface area (Å²) in [5.74, 6) is 1.21. The molecule has 0 radical (unpaired) electrons. The summed E-state index contributed by atoms with van der Waals surface area (Å²) in [6, 6.07) is 7.86. The van der Waals surface area contributed by atoms with E-state index in [0.29, 0.717) is 17.1 Å². The summed E-state index contributed by atoms with van der Waals surface area (Å²) in [6.07, 6.45) is 4.56. The molecule has 2 rings (SSSR count). The van der Waals surface area contributed by atoms with Crippen LogP contribution in [0.25, 0.3) is 0 Å². The van der Waals surface area contributed by atoms with E-state index in [1.165, 1.54) is 0 Å². The second-order valence-electron chi connectivity index (χ2n) is 4.75. The predicted octanol–water partition coefficient (Wildman–Crippen LogP) is 3.07. The molecular weight excluding hydrogens is 264 g/mol. The summed E-state index contributed by atoms with van der Waals surface area (Å²) in [7, 11) is 0. The van der Waals surface area contributed by atoms with Crippen LogP contribution in [-0.4, -0.2) is 16.3 Å². The number of nitrogens with one attached hydrogen (secondary N) is 1. The van der Waals surface area contributed by atoms with Crippen molar-refractivity contribution in [1.82, 2.24) is 15.1 Å². The average molecular weight is 284 g/mol. The van der Waals surface area contributed by atoms with Crippen molar-refractivity contribution in [2.75, 3.05) is 6.54 Å². The molecule has 1 N–H and O–H groups in total. The average Bonchev–Trinajstić information content (AvgIpc) is 2.96. The highest BCUT2D eigenvalue weighted by Crippen LogP contribution is 2.25. The maximum absolute atomic E-state index is 9.27. The molecule has 0 fully saturated rings. The van der Waals surface area contributed by atoms with Gasteiger partial charge in [0.15, 0.2) is 5.75 Å². The molecule has 5 heteroatoms. The highest BCUT2D eigenvalue weighted by molar-refractivity contribution is 5.47. The van der Waals surface area contributed by atoms with Crippen LogP contribution in [0.1, 0.15) is 31.4 Å². The fourth-order valence-electron chi connectivity index (χ4n) is 1.97. The summed E-state index contributed by atoms with van der Waals surface area (Å²) >= 11 is 0. The first-order valence-corrected chi connectivity index (χ1v) is 7.20. The maximum atomic E-state index is 9.27. The van der Waals surface area contributed by atoms with Crippen LogP contribution >= 0.6 is 0 Å². The Kier molecular flexibility index (Phi) is 5.35. The number of aromatic nitrogens is 2. The molecule has 0 aliphatic carbocycles. The lowest BCUT2D eigenvalue weighted by molar-refractivity contribution is 0.479. The van der Waals surface area contributed by atoms with E-state index in [1.54, 1.807) is 10.9 Å². The van der Waals surface area contributed by atoms with E-state index in [9.17, 15) is 5.26 Å². The molecule has 110 valence electrons. The van der Waals surface area contributed by atoms with Crippen molar-refractivity contribution < 1.29 is 4.74 Å². The predicted molar refractivity (Wildman–Crippen MR) is 81.1 cm³/mol. The smallest absolute Gasteiger partial charge is 0.165 e. The van der Waals surface area contributed by atoms with Crippen LogP contribution in [0.5, 0.6) is 11.5 Å². The zero-order valence-corrected chi connectivity index (χ0v) is 12.5. The van der Waals surface area contributed by atoms with Crippen LogP contribution in [-0.2, 0) is 13.1 Å². The first kappa shape index (κ1) is 15.1. The topological polar surface area (TPSA) is 62.9 Å². The molecule has 21 heavy (non-hydrogen) atoms. The van der Waals surface area contributed by atoms with Gasteiger partial charge in [-0.1, -0.05) is 13.0 Å². The van der Waals surface area contributed by atoms with Crippen molar-refractivity contribution in [3.8, 4) is 17.6 Å². The molecule has 0 aliphatic rings. The van der Waals surface area contributed by atoms with Gasteiger partial charge in [0.05, 0.1) is 18.0 Å². The lowest BCUT2D eigenvalue weighted by Gasteiger charge is -2.08. The summed E-state index contributed by atoms with van der Waals surface area (Å²) in [4.78, 5) is 0. The molecule has 0 saturated carbocycles. The SMILES string of the molecule is CCCNCc1ccc(Oc2cnn(CC)c2)c(C#N)c1. The molecule has 1 heterocycles. The number of hydrogen-bond acceptors (Lipinski definition) is 4. The molecule has 0 saturated heterocycles. The number of hydrogen-bond donors (Lipinski definition) is 1. The van der Waals surface area contributed by atoms with Gasteiger partial charge in [0, 0.05) is 13.1 Å². The van der Waals surface area contributed by atoms with Crippen LogP contribution < -0.4 is 10.1 Å². The van der Waals surface area contributed by atoms with Gasteiger partial charge in [0.2, 0.25) is 0 Å². The van der Waals surface area contributed by atoms with Gasteiger partial charge in [0.1, 0.15) is 11.8 Å². The van der Waals surface area contributed by atoms with Crippen LogP contribution in [0.4, 0.5) is 0 Å². The van der Waals surface area contributed by atoms with Crippen molar-refractivity contribution in [3.05, 3.63) is 41.7 Å². The zero-order chi connectivity index (χ0) is 15.1. The highest BCUT2D eigenvalue weighted by Gasteiger charge is 2.07. The monoisotopic (exact) mass is 284 g/mol. The number of rotatable bonds is 7. The Hall–Kier alpha value is -2.32. The zero-order valence-electron chi connectivity index (χ0n) is 12.5. The largest absolute Gasteiger partial charge is 0.453 e. The third-order valence-electron chi connectivity index (χ3n) is 3.08. The van der Waals surface area contributed by atoms with E-state index in [1.807, 2.05) is 31.3 Å². The van der Waals surface area contributed by atoms with Crippen LogP contribution in [0.3, 0.4) is 0 Å². The first-order chi connectivity index (χ1) is 10.3. The van der Waals surface area contributed by atoms with Crippen molar-refractivity contribution in [2.24, 2.45) is 0 Å². The number of benzene rings is 1. The Balaban J connectivity index is 2.10. The third-order valence-corrected chi connectivity index (χ3v) is 3.08. The lowest BCUT2D eigenvalue weighted by Crippen LogP contribution is -2.13. The van der Waals surface area contributed by atoms with Gasteiger partial charge in [0.25, 0.3) is 0 Å². The van der Waals surface area contributed by atoms with Crippen molar-refractivity contribution in [1.29, 1.82) is 5.26 Å².